The summed E-state index contributed by atoms with van der Waals surface area (Å²) in [5, 5.41) is 4.62. The summed E-state index contributed by atoms with van der Waals surface area (Å²) in [5.41, 5.74) is 5.86. The summed E-state index contributed by atoms with van der Waals surface area (Å²) in [7, 11) is 0. The van der Waals surface area contributed by atoms with E-state index in [1.165, 1.54) is 22.2 Å². The van der Waals surface area contributed by atoms with E-state index >= 15 is 0 Å². The molecule has 2 nitrogen and oxygen atoms in total. The van der Waals surface area contributed by atoms with Gasteiger partial charge in [-0.05, 0) is 29.1 Å². The fourth-order valence-corrected chi connectivity index (χ4v) is 2.90. The van der Waals surface area contributed by atoms with Crippen molar-refractivity contribution in [1.82, 2.24) is 4.98 Å². The van der Waals surface area contributed by atoms with Crippen molar-refractivity contribution >= 4 is 16.6 Å². The molecule has 0 saturated heterocycles. The summed E-state index contributed by atoms with van der Waals surface area (Å²) < 4.78 is 0. The van der Waals surface area contributed by atoms with E-state index in [-0.39, 0.29) is 5.92 Å². The lowest BCUT2D eigenvalue weighted by Crippen LogP contribution is -2.00. The van der Waals surface area contributed by atoms with Gasteiger partial charge < -0.3 is 10.3 Å². The van der Waals surface area contributed by atoms with Crippen molar-refractivity contribution < 1.29 is 0 Å². The number of aromatic amines is 1. The van der Waals surface area contributed by atoms with Gasteiger partial charge in [0, 0.05) is 22.6 Å². The zero-order chi connectivity index (χ0) is 12.8. The van der Waals surface area contributed by atoms with Crippen molar-refractivity contribution in [3.05, 3.63) is 78.1 Å². The number of nitrogens with one attached hydrogen (secondary N) is 2. The van der Waals surface area contributed by atoms with E-state index in [9.17, 15) is 0 Å². The van der Waals surface area contributed by atoms with Crippen molar-refractivity contribution in [2.24, 2.45) is 0 Å². The molecule has 0 fully saturated rings. The number of fused-ring (bicyclic) bond motifs is 2. The minimum atomic E-state index is 0.212. The third-order valence-electron chi connectivity index (χ3n) is 3.78. The van der Waals surface area contributed by atoms with Crippen LogP contribution in [0, 0.1) is 0 Å². The number of hydrogen-bond donors (Lipinski definition) is 2. The monoisotopic (exact) mass is 246 g/mol. The van der Waals surface area contributed by atoms with E-state index in [1.807, 2.05) is 6.07 Å². The molecule has 0 radical (unpaired) electrons. The molecule has 19 heavy (non-hydrogen) atoms. The van der Waals surface area contributed by atoms with Crippen molar-refractivity contribution in [2.75, 3.05) is 5.32 Å². The van der Waals surface area contributed by atoms with Crippen LogP contribution in [0.2, 0.25) is 0 Å². The van der Waals surface area contributed by atoms with Gasteiger partial charge in [0.05, 0.1) is 5.92 Å². The third kappa shape index (κ3) is 1.50. The highest BCUT2D eigenvalue weighted by Gasteiger charge is 2.27. The van der Waals surface area contributed by atoms with Crippen LogP contribution in [0.1, 0.15) is 17.2 Å². The smallest absolute Gasteiger partial charge is 0.0656 e. The Balaban J connectivity index is 1.90. The number of H-pyrrole nitrogens is 1. The highest BCUT2D eigenvalue weighted by molar-refractivity contribution is 5.81. The van der Waals surface area contributed by atoms with Gasteiger partial charge in [-0.15, -0.1) is 0 Å². The standard InChI is InChI=1S/C17H14N2/c1-11-17(13-7-3-5-9-15(13)18-11)16-10-12-6-2-4-8-14(12)19-16/h2-10,17-19H,1H2. The third-order valence-corrected chi connectivity index (χ3v) is 3.78. The molecule has 0 bridgehead atoms. The van der Waals surface area contributed by atoms with Crippen molar-refractivity contribution in [3.8, 4) is 0 Å². The number of anilines is 1. The minimum Gasteiger partial charge on any atom is -0.358 e. The predicted octanol–water partition coefficient (Wildman–Crippen LogP) is 4.24. The Bertz CT molecular complexity index is 750. The first-order valence-electron chi connectivity index (χ1n) is 6.45. The molecule has 2 heteroatoms. The molecule has 0 saturated carbocycles. The average Bonchev–Trinajstić information content (AvgIpc) is 2.97. The molecule has 2 N–H and O–H groups in total. The van der Waals surface area contributed by atoms with Crippen LogP contribution in [-0.4, -0.2) is 4.98 Å². The second-order valence-corrected chi connectivity index (χ2v) is 4.98. The van der Waals surface area contributed by atoms with Crippen molar-refractivity contribution in [1.29, 1.82) is 0 Å². The molecule has 0 amide bonds. The first-order chi connectivity index (χ1) is 9.33. The Labute approximate surface area is 111 Å². The van der Waals surface area contributed by atoms with Gasteiger partial charge in [0.15, 0.2) is 0 Å². The number of allylic oxidation sites excluding steroid dienone is 1. The number of hydrogen-bond acceptors (Lipinski definition) is 1. The van der Waals surface area contributed by atoms with Gasteiger partial charge in [0.1, 0.15) is 0 Å². The lowest BCUT2D eigenvalue weighted by molar-refractivity contribution is 0.966. The van der Waals surface area contributed by atoms with Gasteiger partial charge in [0.25, 0.3) is 0 Å². The topological polar surface area (TPSA) is 27.8 Å². The summed E-state index contributed by atoms with van der Waals surface area (Å²) in [6, 6.07) is 19.0. The summed E-state index contributed by atoms with van der Waals surface area (Å²) >= 11 is 0. The quantitative estimate of drug-likeness (QED) is 0.660. The molecule has 1 atom stereocenters. The van der Waals surface area contributed by atoms with Crippen molar-refractivity contribution in [2.45, 2.75) is 5.92 Å². The van der Waals surface area contributed by atoms with Crippen LogP contribution < -0.4 is 5.32 Å². The SMILES string of the molecule is C=C1Nc2ccccc2C1c1cc2ccccc2[nH]1. The molecule has 1 unspecified atom stereocenters. The van der Waals surface area contributed by atoms with Gasteiger partial charge in [-0.3, -0.25) is 0 Å². The fourth-order valence-electron chi connectivity index (χ4n) is 2.90. The first kappa shape index (κ1) is 10.4. The van der Waals surface area contributed by atoms with E-state index in [0.29, 0.717) is 0 Å². The molecule has 4 rings (SSSR count). The first-order valence-corrected chi connectivity index (χ1v) is 6.45. The van der Waals surface area contributed by atoms with Gasteiger partial charge in [-0.1, -0.05) is 43.0 Å². The van der Waals surface area contributed by atoms with E-state index in [0.717, 1.165) is 11.4 Å². The Morgan fingerprint density at radius 2 is 1.74 bits per heavy atom. The predicted molar refractivity (Wildman–Crippen MR) is 79.3 cm³/mol. The second kappa shape index (κ2) is 3.75. The van der Waals surface area contributed by atoms with Gasteiger partial charge in [0.2, 0.25) is 0 Å². The van der Waals surface area contributed by atoms with E-state index in [1.54, 1.807) is 0 Å². The lowest BCUT2D eigenvalue weighted by atomic mass is 9.96. The van der Waals surface area contributed by atoms with E-state index in [2.05, 4.69) is 65.4 Å². The summed E-state index contributed by atoms with van der Waals surface area (Å²) in [6.45, 7) is 4.17. The van der Waals surface area contributed by atoms with Crippen LogP contribution in [0.3, 0.4) is 0 Å². The van der Waals surface area contributed by atoms with E-state index < -0.39 is 0 Å². The normalized spacial score (nSPS) is 17.5. The highest BCUT2D eigenvalue weighted by Crippen LogP contribution is 2.41. The van der Waals surface area contributed by atoms with Gasteiger partial charge in [-0.2, -0.15) is 0 Å². The van der Waals surface area contributed by atoms with Crippen LogP contribution in [-0.2, 0) is 0 Å². The molecule has 0 spiro atoms. The van der Waals surface area contributed by atoms with Crippen molar-refractivity contribution in [3.63, 3.8) is 0 Å². The second-order valence-electron chi connectivity index (χ2n) is 4.98. The molecule has 2 heterocycles. The van der Waals surface area contributed by atoms with Gasteiger partial charge in [-0.25, -0.2) is 0 Å². The Morgan fingerprint density at radius 3 is 2.63 bits per heavy atom. The molecule has 0 aliphatic carbocycles. The Morgan fingerprint density at radius 1 is 0.947 bits per heavy atom. The number of rotatable bonds is 1. The Kier molecular flexibility index (Phi) is 2.06. The molecule has 1 aromatic heterocycles. The molecular formula is C17H14N2. The molecule has 92 valence electrons. The average molecular weight is 246 g/mol. The van der Waals surface area contributed by atoms with Crippen LogP contribution in [0.5, 0.6) is 0 Å². The summed E-state index contributed by atoms with van der Waals surface area (Å²) in [4.78, 5) is 3.51. The Hall–Kier alpha value is -2.48. The largest absolute Gasteiger partial charge is 0.358 e. The van der Waals surface area contributed by atoms with Crippen LogP contribution in [0.25, 0.3) is 10.9 Å². The summed E-state index contributed by atoms with van der Waals surface area (Å²) in [6.07, 6.45) is 0. The van der Waals surface area contributed by atoms with Crippen LogP contribution >= 0.6 is 0 Å². The van der Waals surface area contributed by atoms with E-state index in [4.69, 9.17) is 0 Å². The lowest BCUT2D eigenvalue weighted by Gasteiger charge is -2.09. The zero-order valence-electron chi connectivity index (χ0n) is 10.5. The molecule has 1 aliphatic heterocycles. The maximum atomic E-state index is 4.17. The zero-order valence-corrected chi connectivity index (χ0v) is 10.5. The minimum absolute atomic E-state index is 0.212. The molecule has 3 aromatic rings. The van der Waals surface area contributed by atoms with Crippen LogP contribution in [0.15, 0.2) is 66.9 Å². The maximum absolute atomic E-state index is 4.17. The highest BCUT2D eigenvalue weighted by atomic mass is 14.9. The van der Waals surface area contributed by atoms with Gasteiger partial charge >= 0.3 is 0 Å². The molecular weight excluding hydrogens is 232 g/mol. The fraction of sp³-hybridized carbons (Fsp3) is 0.0588. The molecule has 1 aliphatic rings. The number of aromatic nitrogens is 1. The number of para-hydroxylation sites is 2. The van der Waals surface area contributed by atoms with Crippen LogP contribution in [0.4, 0.5) is 5.69 Å². The molecule has 2 aromatic carbocycles. The number of benzene rings is 2. The summed E-state index contributed by atoms with van der Waals surface area (Å²) in [5.74, 6) is 0.212. The maximum Gasteiger partial charge on any atom is 0.0656 e.